The van der Waals surface area contributed by atoms with Crippen LogP contribution in [0.4, 0.5) is 5.69 Å². The summed E-state index contributed by atoms with van der Waals surface area (Å²) in [5.41, 5.74) is 2.26. The van der Waals surface area contributed by atoms with Gasteiger partial charge >= 0.3 is 0 Å². The molecule has 2 aliphatic heterocycles. The Morgan fingerprint density at radius 1 is 1.53 bits per heavy atom. The van der Waals surface area contributed by atoms with Crippen LogP contribution in [0.15, 0.2) is 12.3 Å². The third kappa shape index (κ3) is 1.50. The molecule has 1 aromatic rings. The lowest BCUT2D eigenvalue weighted by Crippen LogP contribution is -2.51. The predicted octanol–water partition coefficient (Wildman–Crippen LogP) is 1.45. The Morgan fingerprint density at radius 3 is 2.93 bits per heavy atom. The van der Waals surface area contributed by atoms with Crippen LogP contribution in [-0.2, 0) is 0 Å². The van der Waals surface area contributed by atoms with Crippen molar-refractivity contribution in [2.45, 2.75) is 13.0 Å². The van der Waals surface area contributed by atoms with Gasteiger partial charge in [0.05, 0.1) is 11.9 Å². The lowest BCUT2D eigenvalue weighted by atomic mass is 9.96. The lowest BCUT2D eigenvalue weighted by Gasteiger charge is -2.29. The highest BCUT2D eigenvalue weighted by atomic mass is 35.5. The Balaban J connectivity index is 1.84. The quantitative estimate of drug-likeness (QED) is 0.731. The van der Waals surface area contributed by atoms with Crippen molar-refractivity contribution in [3.8, 4) is 0 Å². The fourth-order valence-electron chi connectivity index (χ4n) is 2.38. The van der Waals surface area contributed by atoms with E-state index in [1.54, 1.807) is 0 Å². The first-order valence-corrected chi connectivity index (χ1v) is 5.72. The molecule has 15 heavy (non-hydrogen) atoms. The average Bonchev–Trinajstić information content (AvgIpc) is 2.48. The van der Waals surface area contributed by atoms with E-state index in [1.807, 2.05) is 13.1 Å². The fraction of sp³-hybridized carbons (Fsp3) is 0.545. The summed E-state index contributed by atoms with van der Waals surface area (Å²) in [6.45, 7) is 5.43. The number of hydrogen-bond acceptors (Lipinski definition) is 3. The number of fused-ring (bicyclic) bond motifs is 1. The van der Waals surface area contributed by atoms with Crippen LogP contribution in [0.5, 0.6) is 0 Å². The van der Waals surface area contributed by atoms with Crippen molar-refractivity contribution < 1.29 is 0 Å². The van der Waals surface area contributed by atoms with Gasteiger partial charge in [0, 0.05) is 31.6 Å². The van der Waals surface area contributed by atoms with E-state index in [1.165, 1.54) is 12.2 Å². The number of anilines is 1. The zero-order valence-corrected chi connectivity index (χ0v) is 9.46. The van der Waals surface area contributed by atoms with E-state index in [0.29, 0.717) is 11.2 Å². The van der Waals surface area contributed by atoms with Crippen LogP contribution in [0.25, 0.3) is 0 Å². The van der Waals surface area contributed by atoms with Crippen molar-refractivity contribution in [3.63, 3.8) is 0 Å². The number of rotatable bonds is 1. The molecule has 3 rings (SSSR count). The first-order valence-electron chi connectivity index (χ1n) is 5.34. The van der Waals surface area contributed by atoms with Crippen LogP contribution in [0.2, 0.25) is 5.15 Å². The summed E-state index contributed by atoms with van der Waals surface area (Å²) in [7, 11) is 0. The highest BCUT2D eigenvalue weighted by molar-refractivity contribution is 6.30. The molecule has 2 saturated heterocycles. The van der Waals surface area contributed by atoms with Gasteiger partial charge < -0.3 is 10.2 Å². The predicted molar refractivity (Wildman–Crippen MR) is 61.5 cm³/mol. The molecule has 80 valence electrons. The molecule has 1 aromatic heterocycles. The molecule has 1 N–H and O–H groups in total. The van der Waals surface area contributed by atoms with E-state index in [4.69, 9.17) is 11.6 Å². The summed E-state index contributed by atoms with van der Waals surface area (Å²) in [5, 5.41) is 4.06. The molecule has 3 heterocycles. The summed E-state index contributed by atoms with van der Waals surface area (Å²) in [6.07, 6.45) is 1.88. The van der Waals surface area contributed by atoms with Gasteiger partial charge in [-0.15, -0.1) is 0 Å². The molecule has 0 spiro atoms. The molecular weight excluding hydrogens is 210 g/mol. The number of nitrogens with zero attached hydrogens (tertiary/aromatic N) is 2. The van der Waals surface area contributed by atoms with E-state index in [2.05, 4.69) is 21.3 Å². The van der Waals surface area contributed by atoms with Gasteiger partial charge in [0.15, 0.2) is 0 Å². The third-order valence-electron chi connectivity index (χ3n) is 3.45. The minimum atomic E-state index is 0.610. The van der Waals surface area contributed by atoms with Gasteiger partial charge in [-0.25, -0.2) is 4.98 Å². The molecule has 2 aliphatic rings. The summed E-state index contributed by atoms with van der Waals surface area (Å²) < 4.78 is 0. The standard InChI is InChI=1S/C11H14ClN3/c1-7-2-9(4-14-11(7)12)15-5-8-3-13-10(8)6-15/h2,4,8,10,13H,3,5-6H2,1H3/t8-,10+/m1/s1. The molecule has 2 fully saturated rings. The van der Waals surface area contributed by atoms with Crippen molar-refractivity contribution in [2.75, 3.05) is 24.5 Å². The number of pyridine rings is 1. The number of nitrogens with one attached hydrogen (secondary N) is 1. The normalized spacial score (nSPS) is 28.8. The van der Waals surface area contributed by atoms with Crippen molar-refractivity contribution in [3.05, 3.63) is 23.0 Å². The lowest BCUT2D eigenvalue weighted by molar-refractivity contribution is 0.297. The van der Waals surface area contributed by atoms with E-state index < -0.39 is 0 Å². The van der Waals surface area contributed by atoms with Crippen LogP contribution in [-0.4, -0.2) is 30.7 Å². The van der Waals surface area contributed by atoms with Crippen LogP contribution in [0.3, 0.4) is 0 Å². The van der Waals surface area contributed by atoms with Crippen LogP contribution in [0, 0.1) is 12.8 Å². The molecule has 0 aromatic carbocycles. The molecule has 0 amide bonds. The molecule has 0 unspecified atom stereocenters. The zero-order valence-electron chi connectivity index (χ0n) is 8.70. The second-order valence-electron chi connectivity index (χ2n) is 4.48. The van der Waals surface area contributed by atoms with Crippen LogP contribution >= 0.6 is 11.6 Å². The topological polar surface area (TPSA) is 28.2 Å². The summed E-state index contributed by atoms with van der Waals surface area (Å²) in [6, 6.07) is 2.82. The number of aryl methyl sites for hydroxylation is 1. The summed E-state index contributed by atoms with van der Waals surface area (Å²) in [5.74, 6) is 0.834. The van der Waals surface area contributed by atoms with Gasteiger partial charge in [-0.3, -0.25) is 0 Å². The Bertz CT molecular complexity index is 381. The third-order valence-corrected chi connectivity index (χ3v) is 3.84. The summed E-state index contributed by atoms with van der Waals surface area (Å²) in [4.78, 5) is 6.59. The Labute approximate surface area is 94.4 Å². The molecule has 4 heteroatoms. The minimum Gasteiger partial charge on any atom is -0.368 e. The number of halogens is 1. The number of aromatic nitrogens is 1. The Kier molecular flexibility index (Phi) is 2.11. The SMILES string of the molecule is Cc1cc(N2C[C@H]3CN[C@H]3C2)cnc1Cl. The van der Waals surface area contributed by atoms with Crippen molar-refractivity contribution in [1.29, 1.82) is 0 Å². The van der Waals surface area contributed by atoms with Crippen LogP contribution in [0.1, 0.15) is 5.56 Å². The summed E-state index contributed by atoms with van der Waals surface area (Å²) >= 11 is 5.92. The van der Waals surface area contributed by atoms with Crippen molar-refractivity contribution in [2.24, 2.45) is 5.92 Å². The van der Waals surface area contributed by atoms with E-state index in [9.17, 15) is 0 Å². The van der Waals surface area contributed by atoms with Gasteiger partial charge in [-0.05, 0) is 18.6 Å². The number of hydrogen-bond donors (Lipinski definition) is 1. The van der Waals surface area contributed by atoms with Gasteiger partial charge in [0.2, 0.25) is 0 Å². The highest BCUT2D eigenvalue weighted by Crippen LogP contribution is 2.29. The fourth-order valence-corrected chi connectivity index (χ4v) is 2.48. The highest BCUT2D eigenvalue weighted by Gasteiger charge is 2.39. The van der Waals surface area contributed by atoms with Gasteiger partial charge in [0.25, 0.3) is 0 Å². The largest absolute Gasteiger partial charge is 0.368 e. The second kappa shape index (κ2) is 3.35. The first kappa shape index (κ1) is 9.43. The van der Waals surface area contributed by atoms with E-state index >= 15 is 0 Å². The molecule has 0 aliphatic carbocycles. The maximum Gasteiger partial charge on any atom is 0.132 e. The molecule has 0 radical (unpaired) electrons. The smallest absolute Gasteiger partial charge is 0.132 e. The van der Waals surface area contributed by atoms with E-state index in [-0.39, 0.29) is 0 Å². The Morgan fingerprint density at radius 2 is 2.40 bits per heavy atom. The molecular formula is C11H14ClN3. The second-order valence-corrected chi connectivity index (χ2v) is 4.84. The Hall–Kier alpha value is -0.800. The molecule has 2 atom stereocenters. The first-order chi connectivity index (χ1) is 7.24. The molecule has 3 nitrogen and oxygen atoms in total. The average molecular weight is 224 g/mol. The zero-order chi connectivity index (χ0) is 10.4. The molecule has 0 saturated carbocycles. The van der Waals surface area contributed by atoms with Crippen LogP contribution < -0.4 is 10.2 Å². The monoisotopic (exact) mass is 223 g/mol. The van der Waals surface area contributed by atoms with Gasteiger partial charge in [-0.2, -0.15) is 0 Å². The van der Waals surface area contributed by atoms with Gasteiger partial charge in [0.1, 0.15) is 5.15 Å². The minimum absolute atomic E-state index is 0.610. The van der Waals surface area contributed by atoms with Crippen molar-refractivity contribution >= 4 is 17.3 Å². The maximum absolute atomic E-state index is 5.92. The molecule has 0 bridgehead atoms. The van der Waals surface area contributed by atoms with Gasteiger partial charge in [-0.1, -0.05) is 11.6 Å². The van der Waals surface area contributed by atoms with E-state index in [0.717, 1.165) is 24.6 Å². The maximum atomic E-state index is 5.92. The van der Waals surface area contributed by atoms with Crippen molar-refractivity contribution in [1.82, 2.24) is 10.3 Å².